The van der Waals surface area contributed by atoms with E-state index in [1.54, 1.807) is 12.1 Å². The zero-order valence-electron chi connectivity index (χ0n) is 12.8. The molecule has 0 bridgehead atoms. The van der Waals surface area contributed by atoms with Gasteiger partial charge in [-0.05, 0) is 25.0 Å². The Labute approximate surface area is 129 Å². The molecule has 1 aromatic rings. The topological polar surface area (TPSA) is 70.6 Å². The lowest BCUT2D eigenvalue weighted by atomic mass is 10.0. The van der Waals surface area contributed by atoms with Gasteiger partial charge in [-0.15, -0.1) is 0 Å². The Morgan fingerprint density at radius 3 is 2.50 bits per heavy atom. The maximum Gasteiger partial charge on any atom is 0.280 e. The summed E-state index contributed by atoms with van der Waals surface area (Å²) in [6, 6.07) is 3.16. The fraction of sp³-hybridized carbons (Fsp3) is 0.500. The van der Waals surface area contributed by atoms with E-state index in [2.05, 4.69) is 4.98 Å². The van der Waals surface area contributed by atoms with Gasteiger partial charge in [-0.25, -0.2) is 0 Å². The van der Waals surface area contributed by atoms with Crippen LogP contribution >= 0.6 is 0 Å². The molecule has 6 nitrogen and oxygen atoms in total. The van der Waals surface area contributed by atoms with Crippen LogP contribution in [0.3, 0.4) is 0 Å². The van der Waals surface area contributed by atoms with E-state index in [1.807, 2.05) is 18.7 Å². The van der Waals surface area contributed by atoms with Gasteiger partial charge in [0.25, 0.3) is 11.8 Å². The number of imide groups is 1. The third kappa shape index (κ3) is 2.28. The number of aromatic nitrogens is 1. The molecular weight excluding hydrogens is 282 g/mol. The molecule has 0 N–H and O–H groups in total. The summed E-state index contributed by atoms with van der Waals surface area (Å²) in [5.41, 5.74) is 0.626. The molecule has 3 amide bonds. The van der Waals surface area contributed by atoms with Crippen LogP contribution in [-0.4, -0.2) is 51.6 Å². The van der Waals surface area contributed by atoms with Crippen LogP contribution in [0.4, 0.5) is 0 Å². The van der Waals surface area contributed by atoms with Crippen LogP contribution in [0.5, 0.6) is 0 Å². The summed E-state index contributed by atoms with van der Waals surface area (Å²) in [6.07, 6.45) is 2.78. The number of pyridine rings is 1. The predicted molar refractivity (Wildman–Crippen MR) is 79.2 cm³/mol. The molecule has 0 aromatic carbocycles. The molecule has 116 valence electrons. The fourth-order valence-corrected chi connectivity index (χ4v) is 3.13. The number of likely N-dealkylation sites (tertiary alicyclic amines) is 1. The third-order valence-corrected chi connectivity index (χ3v) is 4.31. The van der Waals surface area contributed by atoms with Crippen molar-refractivity contribution in [2.45, 2.75) is 32.7 Å². The number of piperidine rings is 1. The molecular formula is C16H19N3O3. The second-order valence-electron chi connectivity index (χ2n) is 6.09. The van der Waals surface area contributed by atoms with Crippen LogP contribution in [0.1, 0.15) is 47.5 Å². The van der Waals surface area contributed by atoms with Gasteiger partial charge in [0.05, 0.1) is 5.56 Å². The Bertz CT molecular complexity index is 598. The number of carbonyl (C=O) groups is 3. The van der Waals surface area contributed by atoms with Crippen molar-refractivity contribution in [3.63, 3.8) is 0 Å². The van der Waals surface area contributed by atoms with E-state index in [9.17, 15) is 14.4 Å². The van der Waals surface area contributed by atoms with Gasteiger partial charge in [-0.1, -0.05) is 13.8 Å². The summed E-state index contributed by atoms with van der Waals surface area (Å²) in [7, 11) is 0. The summed E-state index contributed by atoms with van der Waals surface area (Å²) in [4.78, 5) is 44.0. The van der Waals surface area contributed by atoms with Gasteiger partial charge >= 0.3 is 0 Å². The highest BCUT2D eigenvalue weighted by Crippen LogP contribution is 2.27. The Hall–Kier alpha value is -2.24. The van der Waals surface area contributed by atoms with E-state index >= 15 is 0 Å². The van der Waals surface area contributed by atoms with E-state index in [0.717, 1.165) is 0 Å². The molecule has 1 aromatic heterocycles. The molecule has 0 unspecified atom stereocenters. The van der Waals surface area contributed by atoms with Crippen LogP contribution < -0.4 is 0 Å². The van der Waals surface area contributed by atoms with Gasteiger partial charge in [0, 0.05) is 31.2 Å². The molecule has 0 atom stereocenters. The van der Waals surface area contributed by atoms with Crippen molar-refractivity contribution in [2.24, 2.45) is 5.92 Å². The Morgan fingerprint density at radius 1 is 1.23 bits per heavy atom. The van der Waals surface area contributed by atoms with Gasteiger partial charge in [-0.2, -0.15) is 0 Å². The minimum Gasteiger partial charge on any atom is -0.342 e. The van der Waals surface area contributed by atoms with Crippen molar-refractivity contribution in [3.8, 4) is 0 Å². The predicted octanol–water partition coefficient (Wildman–Crippen LogP) is 1.32. The van der Waals surface area contributed by atoms with Crippen molar-refractivity contribution in [1.82, 2.24) is 14.8 Å². The van der Waals surface area contributed by atoms with Crippen LogP contribution in [0.25, 0.3) is 0 Å². The monoisotopic (exact) mass is 301 g/mol. The minimum absolute atomic E-state index is 0.0277. The average molecular weight is 301 g/mol. The Balaban J connectivity index is 1.72. The molecule has 1 saturated heterocycles. The summed E-state index contributed by atoms with van der Waals surface area (Å²) >= 11 is 0. The number of amides is 3. The van der Waals surface area contributed by atoms with Crippen molar-refractivity contribution in [2.75, 3.05) is 13.1 Å². The first kappa shape index (κ1) is 14.7. The van der Waals surface area contributed by atoms with E-state index in [-0.39, 0.29) is 35.4 Å². The number of hydrogen-bond donors (Lipinski definition) is 0. The molecule has 3 heterocycles. The third-order valence-electron chi connectivity index (χ3n) is 4.31. The van der Waals surface area contributed by atoms with E-state index in [4.69, 9.17) is 0 Å². The Morgan fingerprint density at radius 2 is 1.91 bits per heavy atom. The van der Waals surface area contributed by atoms with Crippen molar-refractivity contribution < 1.29 is 14.4 Å². The van der Waals surface area contributed by atoms with Gasteiger partial charge in [0.15, 0.2) is 0 Å². The number of rotatable bonds is 2. The lowest BCUT2D eigenvalue weighted by molar-refractivity contribution is -0.135. The highest BCUT2D eigenvalue weighted by molar-refractivity contribution is 6.20. The summed E-state index contributed by atoms with van der Waals surface area (Å²) in [5.74, 6) is -0.474. The number of hydrogen-bond acceptors (Lipinski definition) is 4. The van der Waals surface area contributed by atoms with Crippen molar-refractivity contribution in [1.29, 1.82) is 0 Å². The summed E-state index contributed by atoms with van der Waals surface area (Å²) in [6.45, 7) is 4.93. The molecule has 0 radical (unpaired) electrons. The number of nitrogens with zero attached hydrogens (tertiary/aromatic N) is 3. The molecule has 0 saturated carbocycles. The van der Waals surface area contributed by atoms with Crippen molar-refractivity contribution >= 4 is 17.7 Å². The van der Waals surface area contributed by atoms with Gasteiger partial charge in [-0.3, -0.25) is 24.3 Å². The van der Waals surface area contributed by atoms with Crippen LogP contribution in [0.2, 0.25) is 0 Å². The van der Waals surface area contributed by atoms with Crippen molar-refractivity contribution in [3.05, 3.63) is 29.6 Å². The molecule has 2 aliphatic rings. The highest BCUT2D eigenvalue weighted by Gasteiger charge is 2.42. The smallest absolute Gasteiger partial charge is 0.280 e. The van der Waals surface area contributed by atoms with E-state index in [0.29, 0.717) is 31.5 Å². The standard InChI is InChI=1S/C16H19N3O3/c1-10(2)14(20)18-8-5-11(6-9-18)19-15(21)12-4-3-7-17-13(12)16(19)22/h3-4,7,10-11H,5-6,8-9H2,1-2H3. The maximum absolute atomic E-state index is 12.4. The molecule has 22 heavy (non-hydrogen) atoms. The molecule has 0 aliphatic carbocycles. The zero-order chi connectivity index (χ0) is 15.9. The quantitative estimate of drug-likeness (QED) is 0.773. The highest BCUT2D eigenvalue weighted by atomic mass is 16.2. The molecule has 0 spiro atoms. The van der Waals surface area contributed by atoms with Gasteiger partial charge < -0.3 is 4.90 Å². The molecule has 2 aliphatic heterocycles. The lowest BCUT2D eigenvalue weighted by Crippen LogP contribution is -2.49. The number of carbonyl (C=O) groups excluding carboxylic acids is 3. The summed E-state index contributed by atoms with van der Waals surface area (Å²) < 4.78 is 0. The second kappa shape index (κ2) is 5.51. The minimum atomic E-state index is -0.311. The van der Waals surface area contributed by atoms with E-state index < -0.39 is 0 Å². The zero-order valence-corrected chi connectivity index (χ0v) is 12.8. The van der Waals surface area contributed by atoms with Gasteiger partial charge in [0.1, 0.15) is 5.69 Å². The largest absolute Gasteiger partial charge is 0.342 e. The van der Waals surface area contributed by atoms with Crippen LogP contribution in [-0.2, 0) is 4.79 Å². The van der Waals surface area contributed by atoms with E-state index in [1.165, 1.54) is 11.1 Å². The maximum atomic E-state index is 12.4. The molecule has 1 fully saturated rings. The number of fused-ring (bicyclic) bond motifs is 1. The lowest BCUT2D eigenvalue weighted by Gasteiger charge is -2.36. The average Bonchev–Trinajstić information content (AvgIpc) is 2.79. The van der Waals surface area contributed by atoms with Crippen LogP contribution in [0.15, 0.2) is 18.3 Å². The van der Waals surface area contributed by atoms with Gasteiger partial charge in [0.2, 0.25) is 5.91 Å². The molecule has 6 heteroatoms. The van der Waals surface area contributed by atoms with Crippen LogP contribution in [0, 0.1) is 5.92 Å². The first-order valence-corrected chi connectivity index (χ1v) is 7.62. The second-order valence-corrected chi connectivity index (χ2v) is 6.09. The fourth-order valence-electron chi connectivity index (χ4n) is 3.13. The molecule has 3 rings (SSSR count). The SMILES string of the molecule is CC(C)C(=O)N1CCC(N2C(=O)c3cccnc3C2=O)CC1. The Kier molecular flexibility index (Phi) is 3.68. The first-order chi connectivity index (χ1) is 10.5. The first-order valence-electron chi connectivity index (χ1n) is 7.62. The summed E-state index contributed by atoms with van der Waals surface area (Å²) in [5, 5.41) is 0. The normalized spacial score (nSPS) is 19.0.